The van der Waals surface area contributed by atoms with Crippen molar-refractivity contribution in [3.8, 4) is 17.0 Å². The van der Waals surface area contributed by atoms with Crippen LogP contribution in [0.3, 0.4) is 0 Å². The Kier molecular flexibility index (Phi) is 6.00. The summed E-state index contributed by atoms with van der Waals surface area (Å²) in [5.74, 6) is 1.64. The van der Waals surface area contributed by atoms with E-state index in [0.29, 0.717) is 5.69 Å². The van der Waals surface area contributed by atoms with Gasteiger partial charge in [0.25, 0.3) is 0 Å². The molecule has 4 heteroatoms. The molecule has 0 bridgehead atoms. The van der Waals surface area contributed by atoms with E-state index in [-0.39, 0.29) is 11.6 Å². The molecule has 0 aliphatic heterocycles. The number of aryl methyl sites for hydroxylation is 1. The predicted octanol–water partition coefficient (Wildman–Crippen LogP) is 5.44. The Bertz CT molecular complexity index is 679. The van der Waals surface area contributed by atoms with Crippen LogP contribution in [0.2, 0.25) is 0 Å². The van der Waals surface area contributed by atoms with Crippen LogP contribution in [0.4, 0.5) is 4.39 Å². The molecule has 0 spiro atoms. The Morgan fingerprint density at radius 3 is 2.40 bits per heavy atom. The average molecular weight is 342 g/mol. The van der Waals surface area contributed by atoms with Gasteiger partial charge in [-0.05, 0) is 55.0 Å². The molecule has 1 aromatic heterocycles. The first-order valence-corrected chi connectivity index (χ1v) is 9.36. The predicted molar refractivity (Wildman–Crippen MR) is 98.0 cm³/mol. The fourth-order valence-corrected chi connectivity index (χ4v) is 3.75. The van der Waals surface area contributed by atoms with Gasteiger partial charge >= 0.3 is 0 Å². The van der Waals surface area contributed by atoms with Gasteiger partial charge in [-0.2, -0.15) is 10.2 Å². The first-order chi connectivity index (χ1) is 12.2. The third kappa shape index (κ3) is 4.56. The summed E-state index contributed by atoms with van der Waals surface area (Å²) in [6.45, 7) is 2.30. The number of aromatic nitrogens is 2. The molecular formula is C21H27FN2O. The standard InChI is InChI=1S/C21H27FN2O/c1-3-15-4-6-16(7-5-15)8-10-18-11-12-20(24-23-18)17-9-13-21(25-2)19(22)14-17/h9,11-16H,3-8,10H2,1-2H3. The quantitative estimate of drug-likeness (QED) is 0.701. The van der Waals surface area contributed by atoms with Crippen LogP contribution in [-0.4, -0.2) is 17.3 Å². The summed E-state index contributed by atoms with van der Waals surface area (Å²) in [7, 11) is 1.46. The number of halogens is 1. The lowest BCUT2D eigenvalue weighted by Crippen LogP contribution is -2.14. The maximum Gasteiger partial charge on any atom is 0.165 e. The molecule has 134 valence electrons. The number of rotatable bonds is 6. The van der Waals surface area contributed by atoms with Crippen molar-refractivity contribution in [2.45, 2.75) is 51.9 Å². The summed E-state index contributed by atoms with van der Waals surface area (Å²) in [5, 5.41) is 8.62. The van der Waals surface area contributed by atoms with Crippen molar-refractivity contribution in [1.29, 1.82) is 0 Å². The van der Waals surface area contributed by atoms with E-state index in [1.54, 1.807) is 12.1 Å². The highest BCUT2D eigenvalue weighted by atomic mass is 19.1. The van der Waals surface area contributed by atoms with Crippen molar-refractivity contribution in [2.75, 3.05) is 7.11 Å². The maximum absolute atomic E-state index is 13.8. The minimum Gasteiger partial charge on any atom is -0.494 e. The van der Waals surface area contributed by atoms with Gasteiger partial charge in [-0.25, -0.2) is 4.39 Å². The van der Waals surface area contributed by atoms with Gasteiger partial charge in [-0.15, -0.1) is 0 Å². The van der Waals surface area contributed by atoms with Crippen LogP contribution in [0.1, 0.15) is 51.1 Å². The molecule has 3 rings (SSSR count). The van der Waals surface area contributed by atoms with Crippen LogP contribution < -0.4 is 4.74 Å². The number of benzene rings is 1. The Hall–Kier alpha value is -1.97. The van der Waals surface area contributed by atoms with Crippen LogP contribution in [0.15, 0.2) is 30.3 Å². The van der Waals surface area contributed by atoms with Crippen molar-refractivity contribution < 1.29 is 9.13 Å². The summed E-state index contributed by atoms with van der Waals surface area (Å²) < 4.78 is 18.8. The van der Waals surface area contributed by atoms with E-state index in [0.717, 1.165) is 29.5 Å². The molecule has 0 saturated heterocycles. The molecule has 1 saturated carbocycles. The minimum atomic E-state index is -0.381. The summed E-state index contributed by atoms with van der Waals surface area (Å²) in [5.41, 5.74) is 2.43. The number of hydrogen-bond donors (Lipinski definition) is 0. The molecule has 0 amide bonds. The molecule has 0 atom stereocenters. The third-order valence-electron chi connectivity index (χ3n) is 5.52. The highest BCUT2D eigenvalue weighted by Crippen LogP contribution is 2.33. The molecule has 2 aromatic rings. The molecule has 1 aromatic carbocycles. The highest BCUT2D eigenvalue weighted by molar-refractivity contribution is 5.59. The molecular weight excluding hydrogens is 315 g/mol. The fourth-order valence-electron chi connectivity index (χ4n) is 3.75. The molecule has 1 heterocycles. The van der Waals surface area contributed by atoms with Crippen LogP contribution in [0, 0.1) is 17.7 Å². The van der Waals surface area contributed by atoms with Gasteiger partial charge in [0, 0.05) is 5.56 Å². The van der Waals surface area contributed by atoms with E-state index >= 15 is 0 Å². The van der Waals surface area contributed by atoms with Crippen molar-refractivity contribution in [1.82, 2.24) is 10.2 Å². The van der Waals surface area contributed by atoms with Gasteiger partial charge < -0.3 is 4.74 Å². The van der Waals surface area contributed by atoms with Crippen LogP contribution in [0.25, 0.3) is 11.3 Å². The smallest absolute Gasteiger partial charge is 0.165 e. The lowest BCUT2D eigenvalue weighted by atomic mass is 9.79. The van der Waals surface area contributed by atoms with Gasteiger partial charge in [0.2, 0.25) is 0 Å². The van der Waals surface area contributed by atoms with E-state index in [1.807, 2.05) is 12.1 Å². The van der Waals surface area contributed by atoms with Crippen molar-refractivity contribution in [3.63, 3.8) is 0 Å². The molecule has 1 aliphatic carbocycles. The number of nitrogens with zero attached hydrogens (tertiary/aromatic N) is 2. The first-order valence-electron chi connectivity index (χ1n) is 9.36. The van der Waals surface area contributed by atoms with Crippen LogP contribution >= 0.6 is 0 Å². The van der Waals surface area contributed by atoms with E-state index in [4.69, 9.17) is 4.74 Å². The second-order valence-electron chi connectivity index (χ2n) is 7.09. The molecule has 1 aliphatic rings. The fraction of sp³-hybridized carbons (Fsp3) is 0.524. The van der Waals surface area contributed by atoms with Crippen LogP contribution in [-0.2, 0) is 6.42 Å². The summed E-state index contributed by atoms with van der Waals surface area (Å²) >= 11 is 0. The Morgan fingerprint density at radius 1 is 1.04 bits per heavy atom. The lowest BCUT2D eigenvalue weighted by molar-refractivity contribution is 0.258. The molecule has 1 fully saturated rings. The average Bonchev–Trinajstić information content (AvgIpc) is 2.67. The van der Waals surface area contributed by atoms with Gasteiger partial charge in [0.1, 0.15) is 0 Å². The van der Waals surface area contributed by atoms with E-state index in [1.165, 1.54) is 51.7 Å². The monoisotopic (exact) mass is 342 g/mol. The van der Waals surface area contributed by atoms with Crippen LogP contribution in [0.5, 0.6) is 5.75 Å². The Balaban J connectivity index is 1.56. The van der Waals surface area contributed by atoms with Gasteiger partial charge in [-0.1, -0.05) is 39.0 Å². The zero-order valence-corrected chi connectivity index (χ0v) is 15.2. The largest absolute Gasteiger partial charge is 0.494 e. The Labute approximate surface area is 149 Å². The van der Waals surface area contributed by atoms with E-state index in [9.17, 15) is 4.39 Å². The van der Waals surface area contributed by atoms with Gasteiger partial charge in [0.05, 0.1) is 18.5 Å². The van der Waals surface area contributed by atoms with E-state index in [2.05, 4.69) is 17.1 Å². The normalized spacial score (nSPS) is 20.4. The summed E-state index contributed by atoms with van der Waals surface area (Å²) in [4.78, 5) is 0. The van der Waals surface area contributed by atoms with Crippen molar-refractivity contribution >= 4 is 0 Å². The topological polar surface area (TPSA) is 35.0 Å². The number of methoxy groups -OCH3 is 1. The highest BCUT2D eigenvalue weighted by Gasteiger charge is 2.19. The number of ether oxygens (including phenoxy) is 1. The zero-order chi connectivity index (χ0) is 17.6. The SMILES string of the molecule is CCC1CCC(CCc2ccc(-c3ccc(OC)c(F)c3)nn2)CC1. The first kappa shape index (κ1) is 17.8. The van der Waals surface area contributed by atoms with Gasteiger partial charge in [0.15, 0.2) is 11.6 Å². The Morgan fingerprint density at radius 2 is 1.80 bits per heavy atom. The summed E-state index contributed by atoms with van der Waals surface area (Å²) in [6, 6.07) is 8.80. The van der Waals surface area contributed by atoms with Gasteiger partial charge in [-0.3, -0.25) is 0 Å². The third-order valence-corrected chi connectivity index (χ3v) is 5.52. The molecule has 3 nitrogen and oxygen atoms in total. The second-order valence-corrected chi connectivity index (χ2v) is 7.09. The molecule has 0 N–H and O–H groups in total. The van der Waals surface area contributed by atoms with Crippen molar-refractivity contribution in [2.24, 2.45) is 11.8 Å². The van der Waals surface area contributed by atoms with E-state index < -0.39 is 0 Å². The zero-order valence-electron chi connectivity index (χ0n) is 15.2. The van der Waals surface area contributed by atoms with Crippen molar-refractivity contribution in [3.05, 3.63) is 41.8 Å². The minimum absolute atomic E-state index is 0.242. The lowest BCUT2D eigenvalue weighted by Gasteiger charge is -2.27. The maximum atomic E-state index is 13.8. The molecule has 25 heavy (non-hydrogen) atoms. The molecule has 0 unspecified atom stereocenters. The number of hydrogen-bond acceptors (Lipinski definition) is 3. The summed E-state index contributed by atoms with van der Waals surface area (Å²) in [6.07, 6.45) is 8.98. The molecule has 0 radical (unpaired) electrons. The second kappa shape index (κ2) is 8.41.